The van der Waals surface area contributed by atoms with Crippen LogP contribution in [0.2, 0.25) is 0 Å². The third kappa shape index (κ3) is 29.1. The standard InChI is InChI=1S/C95H131N21O21S/c1-8-10-26-74-88(130)103-53(3)82(124)111-73(84(126)101-48-78(97)118)50-138-51-79(119)104-71(40-55-29-31-61(117)32-30-55)91(133)112(5)54(4)83(125)106-67(33-35-80(120)121)93(135)115-39-19-28-75(115)89(131)109-70(44-60-47-98-52-102-60)87(129)107-68(34-36-81(122)123)94(136)116-49-59(56-20-13-12-14-21-56)43-77(116)90(132)108-69(41-57-45-99-64-24-17-15-22-62(57)64)86(128)105-66(37-38-96)85(127)110-72(42-58-46-100-65-25-18-16-23-63(58)65)92(134)114(7)76(27-11-9-2)95(137)113(74)6/h15-18,22-25,29-32,45-47,52-54,56,59,66-77,99-100,117H,8-14,19-21,26-28,33-44,48-51,96H2,1-7H3,(H2,97,118)(H,98,102)(H,101,126)(H,103,130)(H,104,119)(H,105,128)(H,106,125)(H,107,129)(H,108,132)(H,109,131)(H,110,127)(H,111,124)(H,120,121)(H,122,123)/t53-,54-,59+,66-,67-,68-,69-,70-,71-,72-,73-,74-,75-,76-,77-/m0/s1. The van der Waals surface area contributed by atoms with Gasteiger partial charge in [-0.15, -0.1) is 11.8 Å². The van der Waals surface area contributed by atoms with Gasteiger partial charge in [0.15, 0.2) is 0 Å². The molecule has 0 bridgehead atoms. The number of para-hydroxylation sites is 2. The lowest BCUT2D eigenvalue weighted by molar-refractivity contribution is -0.149. The number of rotatable bonds is 26. The summed E-state index contributed by atoms with van der Waals surface area (Å²) in [7, 11) is 3.99. The number of phenolic OH excluding ortho intramolecular Hbond substituents is 1. The number of hydrogen-bond donors (Lipinski definition) is 18. The molecule has 10 rings (SSSR count). The lowest BCUT2D eigenvalue weighted by Gasteiger charge is -2.36. The van der Waals surface area contributed by atoms with E-state index in [2.05, 4.69) is 73.1 Å². The number of likely N-dealkylation sites (N-methyl/N-ethyl adjacent to an activating group) is 3. The summed E-state index contributed by atoms with van der Waals surface area (Å²) < 4.78 is 0. The first-order valence-corrected chi connectivity index (χ1v) is 48.4. The molecule has 43 heteroatoms. The highest BCUT2D eigenvalue weighted by atomic mass is 32.2. The number of unbranched alkanes of at least 4 members (excludes halogenated alkanes) is 2. The number of carboxylic acid groups (broad SMARTS) is 2. The molecule has 6 heterocycles. The maximum Gasteiger partial charge on any atom is 0.303 e. The van der Waals surface area contributed by atoms with Gasteiger partial charge in [-0.2, -0.15) is 0 Å². The average Bonchev–Trinajstić information content (AvgIpc) is 1.66. The minimum atomic E-state index is -1.73. The SMILES string of the molecule is CCCC[C@H]1C(=O)N(C)[C@@H](CCCC)C(=O)N[C@@H](C)C(=O)N[C@H](C(=O)NCC(N)=O)CSCC(=O)N[C@@H](Cc2ccc(O)cc2)C(=O)N(C)[C@@H](C)C(=O)N[C@@H](CCC(=O)O)C(=O)N2CCC[C@H]2C(=O)N[C@@H](Cc2c[nH]cn2)C(=O)N[C@@H](CCC(=O)O)C(=O)N2C[C@H](C3CCCCC3)C[C@H]2C(=O)N[C@@H](Cc2c[nH]c3ccccc23)C(=O)N[C@@H](CCN)C(=O)N[C@@H](Cc2c[nH]c3ccccc23)C(=O)N1C. The smallest absolute Gasteiger partial charge is 0.303 e. The summed E-state index contributed by atoms with van der Waals surface area (Å²) >= 11 is 0.781. The number of benzene rings is 3. The maximum atomic E-state index is 15.9. The number of primary amides is 1. The van der Waals surface area contributed by atoms with Crippen LogP contribution in [0.25, 0.3) is 21.8 Å². The zero-order valence-electron chi connectivity index (χ0n) is 78.9. The predicted octanol–water partition coefficient (Wildman–Crippen LogP) is 0.828. The Kier molecular flexibility index (Phi) is 39.4. The Bertz CT molecular complexity index is 5320. The molecule has 1 aliphatic carbocycles. The van der Waals surface area contributed by atoms with E-state index in [9.17, 15) is 58.5 Å². The number of amides is 16. The number of aliphatic carboxylic acids is 2. The molecule has 3 aromatic carbocycles. The van der Waals surface area contributed by atoms with Crippen molar-refractivity contribution in [2.24, 2.45) is 23.3 Å². The number of thioether (sulfide) groups is 1. The minimum Gasteiger partial charge on any atom is -0.508 e. The van der Waals surface area contributed by atoms with Gasteiger partial charge in [0.25, 0.3) is 0 Å². The molecule has 748 valence electrons. The number of carbonyl (C=O) groups excluding carboxylic acids is 16. The Morgan fingerprint density at radius 1 is 0.500 bits per heavy atom. The molecule has 0 radical (unpaired) electrons. The second-order valence-corrected chi connectivity index (χ2v) is 37.1. The Hall–Kier alpha value is -13.5. The van der Waals surface area contributed by atoms with E-state index in [1.807, 2.05) is 26.0 Å². The number of fused-ring (bicyclic) bond motifs is 4. The van der Waals surface area contributed by atoms with Gasteiger partial charge in [-0.05, 0) is 125 Å². The van der Waals surface area contributed by atoms with Crippen LogP contribution in [0.3, 0.4) is 0 Å². The van der Waals surface area contributed by atoms with E-state index in [0.717, 1.165) is 53.7 Å². The number of H-pyrrole nitrogens is 3. The number of carboxylic acids is 2. The molecular weight excluding hydrogens is 1800 g/mol. The van der Waals surface area contributed by atoms with Gasteiger partial charge in [0, 0.05) is 119 Å². The molecule has 3 saturated heterocycles. The van der Waals surface area contributed by atoms with Crippen molar-refractivity contribution in [1.29, 1.82) is 0 Å². The third-order valence-corrected chi connectivity index (χ3v) is 27.3. The topological polar surface area (TPSA) is 617 Å². The van der Waals surface area contributed by atoms with Crippen LogP contribution in [0.4, 0.5) is 0 Å². The molecule has 1 saturated carbocycles. The van der Waals surface area contributed by atoms with Crippen molar-refractivity contribution < 1.29 is 102 Å². The number of nitrogens with zero attached hydrogens (tertiary/aromatic N) is 6. The number of hydrogen-bond acceptors (Lipinski definition) is 22. The Morgan fingerprint density at radius 3 is 1.62 bits per heavy atom. The second kappa shape index (κ2) is 51.1. The quantitative estimate of drug-likeness (QED) is 0.0357. The minimum absolute atomic E-state index is 0.0170. The first-order chi connectivity index (χ1) is 66.0. The zero-order chi connectivity index (χ0) is 100. The number of nitrogens with one attached hydrogen (secondary N) is 13. The van der Waals surface area contributed by atoms with Gasteiger partial charge >= 0.3 is 11.9 Å². The molecule has 4 aliphatic rings. The molecule has 0 unspecified atom stereocenters. The van der Waals surface area contributed by atoms with E-state index >= 15 is 43.2 Å². The van der Waals surface area contributed by atoms with Gasteiger partial charge < -0.3 is 119 Å². The van der Waals surface area contributed by atoms with Crippen molar-refractivity contribution in [3.8, 4) is 5.75 Å². The van der Waals surface area contributed by atoms with E-state index in [4.69, 9.17) is 11.5 Å². The Balaban J connectivity index is 1.03. The van der Waals surface area contributed by atoms with Gasteiger partial charge in [-0.25, -0.2) is 4.98 Å². The van der Waals surface area contributed by atoms with Crippen molar-refractivity contribution in [2.45, 2.75) is 260 Å². The summed E-state index contributed by atoms with van der Waals surface area (Å²) in [6.07, 6.45) is 8.31. The van der Waals surface area contributed by atoms with Crippen LogP contribution in [0.1, 0.15) is 172 Å². The number of aromatic nitrogens is 4. The van der Waals surface area contributed by atoms with Gasteiger partial charge in [0.2, 0.25) is 94.5 Å². The van der Waals surface area contributed by atoms with Crippen LogP contribution in [0.5, 0.6) is 5.75 Å². The number of phenols is 1. The Morgan fingerprint density at radius 2 is 1.03 bits per heavy atom. The van der Waals surface area contributed by atoms with Crippen LogP contribution < -0.4 is 64.6 Å². The van der Waals surface area contributed by atoms with E-state index in [-0.39, 0.29) is 107 Å². The summed E-state index contributed by atoms with van der Waals surface area (Å²) in [4.78, 5) is 283. The fourth-order valence-electron chi connectivity index (χ4n) is 18.3. The molecular formula is C95H131N21O21S. The van der Waals surface area contributed by atoms with Crippen LogP contribution in [0.15, 0.2) is 97.7 Å². The van der Waals surface area contributed by atoms with Crippen molar-refractivity contribution in [3.05, 3.63) is 120 Å². The van der Waals surface area contributed by atoms with Gasteiger partial charge in [0.1, 0.15) is 90.3 Å². The first-order valence-electron chi connectivity index (χ1n) is 47.2. The monoisotopic (exact) mass is 1930 g/mol. The lowest BCUT2D eigenvalue weighted by Crippen LogP contribution is -2.61. The molecule has 42 nitrogen and oxygen atoms in total. The molecule has 16 amide bonds. The van der Waals surface area contributed by atoms with Gasteiger partial charge in [-0.3, -0.25) is 86.3 Å². The average molecular weight is 1940 g/mol. The van der Waals surface area contributed by atoms with E-state index in [1.54, 1.807) is 48.8 Å². The highest BCUT2D eigenvalue weighted by Crippen LogP contribution is 2.39. The van der Waals surface area contributed by atoms with Gasteiger partial charge in [-0.1, -0.05) is 120 Å². The van der Waals surface area contributed by atoms with Crippen molar-refractivity contribution in [2.75, 3.05) is 58.8 Å². The summed E-state index contributed by atoms with van der Waals surface area (Å²) in [5.41, 5.74) is 14.8. The van der Waals surface area contributed by atoms with Crippen molar-refractivity contribution in [1.82, 2.24) is 97.6 Å². The second-order valence-electron chi connectivity index (χ2n) is 36.1. The summed E-state index contributed by atoms with van der Waals surface area (Å²) in [6.45, 7) is 5.20. The molecule has 6 aromatic rings. The number of imidazole rings is 1. The van der Waals surface area contributed by atoms with Crippen molar-refractivity contribution in [3.63, 3.8) is 0 Å². The Labute approximate surface area is 803 Å². The molecule has 3 aromatic heterocycles. The fraction of sp³-hybridized carbons (Fsp3) is 0.547. The number of carbonyl (C=O) groups is 18. The molecule has 0 spiro atoms. The maximum absolute atomic E-state index is 15.9. The zero-order valence-corrected chi connectivity index (χ0v) is 79.7. The number of aromatic amines is 3. The first kappa shape index (κ1) is 107. The molecule has 3 aliphatic heterocycles. The van der Waals surface area contributed by atoms with Crippen LogP contribution in [0, 0.1) is 11.8 Å². The summed E-state index contributed by atoms with van der Waals surface area (Å²) in [5, 5.41) is 58.8. The van der Waals surface area contributed by atoms with Gasteiger partial charge in [0.05, 0.1) is 24.3 Å². The molecule has 4 fully saturated rings. The largest absolute Gasteiger partial charge is 0.508 e. The summed E-state index contributed by atoms with van der Waals surface area (Å²) in [5.74, 6) is -18.5. The predicted molar refractivity (Wildman–Crippen MR) is 507 cm³/mol. The van der Waals surface area contributed by atoms with E-state index in [0.29, 0.717) is 64.2 Å². The number of nitrogens with two attached hydrogens (primary N) is 2. The van der Waals surface area contributed by atoms with E-state index < -0.39 is 235 Å². The highest BCUT2D eigenvalue weighted by molar-refractivity contribution is 8.00. The van der Waals surface area contributed by atoms with E-state index in [1.165, 1.54) is 86.5 Å². The van der Waals surface area contributed by atoms with Crippen molar-refractivity contribution >= 4 is 140 Å². The number of aromatic hydroxyl groups is 1. The molecule has 15 atom stereocenters. The third-order valence-electron chi connectivity index (χ3n) is 26.3. The normalized spacial score (nSPS) is 25.3. The molecule has 20 N–H and O–H groups in total. The van der Waals surface area contributed by atoms with Crippen LogP contribution in [-0.4, -0.2) is 310 Å². The fourth-order valence-corrected chi connectivity index (χ4v) is 19.2. The summed E-state index contributed by atoms with van der Waals surface area (Å²) in [6, 6.07) is -1.24. The molecule has 138 heavy (non-hydrogen) atoms. The lowest BCUT2D eigenvalue weighted by atomic mass is 9.79. The highest BCUT2D eigenvalue weighted by Gasteiger charge is 2.48. The van der Waals surface area contributed by atoms with Crippen LogP contribution >= 0.6 is 11.8 Å². The van der Waals surface area contributed by atoms with Crippen LogP contribution in [-0.2, 0) is 112 Å².